The Hall–Kier alpha value is -3.40. The molecule has 3 aliphatic rings. The zero-order valence-electron chi connectivity index (χ0n) is 15.1. The lowest BCUT2D eigenvalue weighted by molar-refractivity contribution is 0.0630. The van der Waals surface area contributed by atoms with Crippen molar-refractivity contribution in [1.82, 2.24) is 0 Å². The lowest BCUT2D eigenvalue weighted by Gasteiger charge is -2.22. The van der Waals surface area contributed by atoms with Crippen LogP contribution in [0.2, 0.25) is 0 Å². The van der Waals surface area contributed by atoms with Gasteiger partial charge in [0.2, 0.25) is 0 Å². The smallest absolute Gasteiger partial charge is 0.343 e. The SMILES string of the molecule is CC(C)=C1CC=CC2=C1OC(=O)c1ccc(cc1)C(=O)Oc1ccccc12. The third-order valence-electron chi connectivity index (χ3n) is 4.66. The van der Waals surface area contributed by atoms with Crippen LogP contribution in [0.5, 0.6) is 5.75 Å². The first kappa shape index (κ1) is 17.0. The van der Waals surface area contributed by atoms with Crippen molar-refractivity contribution in [1.29, 1.82) is 0 Å². The number of carbonyl (C=O) groups is 2. The summed E-state index contributed by atoms with van der Waals surface area (Å²) in [4.78, 5) is 25.3. The Bertz CT molecular complexity index is 1030. The van der Waals surface area contributed by atoms with Gasteiger partial charge in [-0.1, -0.05) is 35.9 Å². The van der Waals surface area contributed by atoms with E-state index in [2.05, 4.69) is 0 Å². The van der Waals surface area contributed by atoms with E-state index in [4.69, 9.17) is 9.47 Å². The summed E-state index contributed by atoms with van der Waals surface area (Å²) in [5.74, 6) is 0.0212. The van der Waals surface area contributed by atoms with E-state index in [0.717, 1.165) is 16.7 Å². The normalized spacial score (nSPS) is 16.0. The summed E-state index contributed by atoms with van der Waals surface area (Å²) in [5.41, 5.74) is 4.21. The zero-order chi connectivity index (χ0) is 19.0. The van der Waals surface area contributed by atoms with Crippen LogP contribution < -0.4 is 4.74 Å². The molecule has 2 aliphatic heterocycles. The molecule has 0 amide bonds. The van der Waals surface area contributed by atoms with Crippen LogP contribution in [-0.2, 0) is 4.74 Å². The van der Waals surface area contributed by atoms with Gasteiger partial charge in [0.05, 0.1) is 11.1 Å². The first-order valence-corrected chi connectivity index (χ1v) is 8.76. The predicted octanol–water partition coefficient (Wildman–Crippen LogP) is 5.08. The van der Waals surface area contributed by atoms with E-state index in [0.29, 0.717) is 34.6 Å². The second kappa shape index (κ2) is 6.72. The van der Waals surface area contributed by atoms with Crippen molar-refractivity contribution in [3.05, 3.63) is 94.3 Å². The molecule has 5 rings (SSSR count). The Morgan fingerprint density at radius 2 is 1.48 bits per heavy atom. The quantitative estimate of drug-likeness (QED) is 0.487. The fourth-order valence-corrected chi connectivity index (χ4v) is 3.22. The average Bonchev–Trinajstić information content (AvgIpc) is 2.68. The second-order valence-corrected chi connectivity index (χ2v) is 6.68. The molecule has 0 spiro atoms. The molecule has 4 heteroatoms. The molecule has 0 saturated carbocycles. The highest BCUT2D eigenvalue weighted by Crippen LogP contribution is 2.38. The van der Waals surface area contributed by atoms with E-state index < -0.39 is 11.9 Å². The Morgan fingerprint density at radius 1 is 0.852 bits per heavy atom. The van der Waals surface area contributed by atoms with Gasteiger partial charge in [0.1, 0.15) is 11.5 Å². The van der Waals surface area contributed by atoms with Crippen molar-refractivity contribution in [2.45, 2.75) is 20.3 Å². The molecule has 2 heterocycles. The minimum atomic E-state index is -0.465. The van der Waals surface area contributed by atoms with Crippen LogP contribution in [0.3, 0.4) is 0 Å². The van der Waals surface area contributed by atoms with Gasteiger partial charge in [-0.25, -0.2) is 9.59 Å². The topological polar surface area (TPSA) is 52.6 Å². The number of rotatable bonds is 0. The number of benzene rings is 2. The summed E-state index contributed by atoms with van der Waals surface area (Å²) in [6, 6.07) is 13.6. The van der Waals surface area contributed by atoms with E-state index >= 15 is 0 Å². The van der Waals surface area contributed by atoms with Crippen molar-refractivity contribution < 1.29 is 19.1 Å². The summed E-state index contributed by atoms with van der Waals surface area (Å²) in [5, 5.41) is 0. The second-order valence-electron chi connectivity index (χ2n) is 6.68. The first-order chi connectivity index (χ1) is 13.0. The highest BCUT2D eigenvalue weighted by Gasteiger charge is 2.25. The number of fused-ring (bicyclic) bond motifs is 4. The minimum absolute atomic E-state index is 0.375. The number of hydrogen-bond acceptors (Lipinski definition) is 4. The molecular weight excluding hydrogens is 340 g/mol. The molecule has 1 aliphatic carbocycles. The monoisotopic (exact) mass is 358 g/mol. The molecule has 134 valence electrons. The largest absolute Gasteiger partial charge is 0.422 e. The van der Waals surface area contributed by atoms with Crippen LogP contribution in [0.15, 0.2) is 77.6 Å². The maximum absolute atomic E-state index is 12.7. The summed E-state index contributed by atoms with van der Waals surface area (Å²) >= 11 is 0. The Labute approximate surface area is 157 Å². The van der Waals surface area contributed by atoms with Crippen LogP contribution in [-0.4, -0.2) is 11.9 Å². The molecular formula is C23H18O4. The molecule has 0 unspecified atom stereocenters. The van der Waals surface area contributed by atoms with Crippen molar-refractivity contribution in [2.75, 3.05) is 0 Å². The Balaban J connectivity index is 2.00. The maximum Gasteiger partial charge on any atom is 0.343 e. The van der Waals surface area contributed by atoms with Crippen LogP contribution in [0.1, 0.15) is 46.5 Å². The number of ether oxygens (including phenoxy) is 2. The highest BCUT2D eigenvalue weighted by molar-refractivity contribution is 5.97. The molecule has 0 fully saturated rings. The van der Waals surface area contributed by atoms with Crippen molar-refractivity contribution in [2.24, 2.45) is 0 Å². The minimum Gasteiger partial charge on any atom is -0.422 e. The number of esters is 2. The maximum atomic E-state index is 12.7. The predicted molar refractivity (Wildman–Crippen MR) is 102 cm³/mol. The fraction of sp³-hybridized carbons (Fsp3) is 0.130. The number of para-hydroxylation sites is 1. The summed E-state index contributed by atoms with van der Waals surface area (Å²) in [6.45, 7) is 3.98. The van der Waals surface area contributed by atoms with Gasteiger partial charge in [0.25, 0.3) is 0 Å². The van der Waals surface area contributed by atoms with E-state index in [1.165, 1.54) is 0 Å². The summed E-state index contributed by atoms with van der Waals surface area (Å²) in [6.07, 6.45) is 4.61. The summed E-state index contributed by atoms with van der Waals surface area (Å²) < 4.78 is 11.5. The van der Waals surface area contributed by atoms with Crippen LogP contribution in [0.25, 0.3) is 5.57 Å². The average molecular weight is 358 g/mol. The van der Waals surface area contributed by atoms with Crippen molar-refractivity contribution in [3.8, 4) is 5.75 Å². The van der Waals surface area contributed by atoms with Gasteiger partial charge in [-0.2, -0.15) is 0 Å². The van der Waals surface area contributed by atoms with Crippen molar-refractivity contribution in [3.63, 3.8) is 0 Å². The van der Waals surface area contributed by atoms with Crippen molar-refractivity contribution >= 4 is 17.5 Å². The molecule has 4 nitrogen and oxygen atoms in total. The molecule has 2 aromatic rings. The first-order valence-electron chi connectivity index (χ1n) is 8.76. The zero-order valence-corrected chi connectivity index (χ0v) is 15.1. The molecule has 2 bridgehead atoms. The lowest BCUT2D eigenvalue weighted by atomic mass is 9.91. The van der Waals surface area contributed by atoms with Crippen LogP contribution >= 0.6 is 0 Å². The van der Waals surface area contributed by atoms with Gasteiger partial charge in [0, 0.05) is 11.1 Å². The number of hydrogen-bond donors (Lipinski definition) is 0. The molecule has 0 atom stereocenters. The van der Waals surface area contributed by atoms with E-state index in [9.17, 15) is 9.59 Å². The number of allylic oxidation sites excluding steroid dienone is 5. The van der Waals surface area contributed by atoms with E-state index in [1.807, 2.05) is 44.2 Å². The lowest BCUT2D eigenvalue weighted by Crippen LogP contribution is -2.15. The summed E-state index contributed by atoms with van der Waals surface area (Å²) in [7, 11) is 0. The number of carbonyl (C=O) groups excluding carboxylic acids is 2. The third kappa shape index (κ3) is 3.10. The fourth-order valence-electron chi connectivity index (χ4n) is 3.22. The van der Waals surface area contributed by atoms with Gasteiger partial charge in [0.15, 0.2) is 0 Å². The molecule has 0 saturated heterocycles. The van der Waals surface area contributed by atoms with Gasteiger partial charge in [-0.15, -0.1) is 0 Å². The molecule has 0 N–H and O–H groups in total. The Morgan fingerprint density at radius 3 is 2.15 bits per heavy atom. The Kier molecular flexibility index (Phi) is 4.24. The molecule has 27 heavy (non-hydrogen) atoms. The van der Waals surface area contributed by atoms with Gasteiger partial charge >= 0.3 is 11.9 Å². The van der Waals surface area contributed by atoms with Crippen LogP contribution in [0, 0.1) is 0 Å². The third-order valence-corrected chi connectivity index (χ3v) is 4.66. The van der Waals surface area contributed by atoms with Gasteiger partial charge in [-0.3, -0.25) is 0 Å². The van der Waals surface area contributed by atoms with E-state index in [1.54, 1.807) is 30.3 Å². The molecule has 0 radical (unpaired) electrons. The van der Waals surface area contributed by atoms with Gasteiger partial charge in [-0.05, 0) is 56.2 Å². The highest BCUT2D eigenvalue weighted by atomic mass is 16.5. The molecule has 0 aromatic heterocycles. The molecule has 2 aromatic carbocycles. The van der Waals surface area contributed by atoms with E-state index in [-0.39, 0.29) is 0 Å². The standard InChI is InChI=1S/C23H18O4/c1-14(2)17-7-5-8-19-18-6-3-4-9-20(18)26-22(24)15-10-12-16(13-11-15)23(25)27-21(17)19/h3-6,8-13H,7H2,1-2H3. The van der Waals surface area contributed by atoms with Crippen LogP contribution in [0.4, 0.5) is 0 Å². The van der Waals surface area contributed by atoms with Gasteiger partial charge < -0.3 is 9.47 Å².